The monoisotopic (exact) mass is 656 g/mol. The van der Waals surface area contributed by atoms with Crippen LogP contribution in [0.5, 0.6) is 0 Å². The Hall–Kier alpha value is -6.04. The number of nitrogens with zero attached hydrogens (tertiary/aromatic N) is 4. The van der Waals surface area contributed by atoms with E-state index in [2.05, 4.69) is 182 Å². The second-order valence-electron chi connectivity index (χ2n) is 14.3. The summed E-state index contributed by atoms with van der Waals surface area (Å²) in [4.78, 5) is 0. The van der Waals surface area contributed by atoms with Gasteiger partial charge in [0, 0.05) is 57.8 Å². The average Bonchev–Trinajstić information content (AvgIpc) is 4.01. The van der Waals surface area contributed by atoms with Crippen LogP contribution in [0, 0.1) is 0 Å². The van der Waals surface area contributed by atoms with Crippen molar-refractivity contribution in [3.8, 4) is 55.9 Å². The van der Waals surface area contributed by atoms with Gasteiger partial charge in [-0.05, 0) is 45.7 Å². The van der Waals surface area contributed by atoms with Gasteiger partial charge in [0.2, 0.25) is 0 Å². The highest BCUT2D eigenvalue weighted by atomic mass is 28.4. The molecule has 0 amide bonds. The molecule has 0 bridgehead atoms. The quantitative estimate of drug-likeness (QED) is 0.168. The van der Waals surface area contributed by atoms with Crippen LogP contribution in [-0.2, 0) is 6.42 Å². The van der Waals surface area contributed by atoms with Crippen molar-refractivity contribution in [2.75, 3.05) is 0 Å². The first-order valence-corrected chi connectivity index (χ1v) is 19.4. The minimum Gasteiger partial charge on any atom is -0.319 e. The van der Waals surface area contributed by atoms with Gasteiger partial charge in [-0.1, -0.05) is 140 Å². The van der Waals surface area contributed by atoms with Gasteiger partial charge >= 0.3 is 8.72 Å². The van der Waals surface area contributed by atoms with Crippen molar-refractivity contribution < 1.29 is 0 Å². The summed E-state index contributed by atoms with van der Waals surface area (Å²) >= 11 is 0. The highest BCUT2D eigenvalue weighted by Crippen LogP contribution is 2.57. The molecule has 3 aliphatic rings. The van der Waals surface area contributed by atoms with Gasteiger partial charge in [0.1, 0.15) is 0 Å². The van der Waals surface area contributed by atoms with E-state index in [0.717, 1.165) is 6.42 Å². The predicted octanol–water partition coefficient (Wildman–Crippen LogP) is 10.7. The largest absolute Gasteiger partial charge is 0.520 e. The SMILES string of the molecule is CC1Cc2c(-c3ccccc3)cn3c2-c2c1c(-c1ccccc1)cn2[Si]31n2cc(-c3ccccc3)c3ccc4c(-c5ccccc5)cn1c4c32. The number of hydrogen-bond acceptors (Lipinski definition) is 0. The summed E-state index contributed by atoms with van der Waals surface area (Å²) < 4.78 is 11.0. The number of rotatable bonds is 4. The fourth-order valence-corrected chi connectivity index (χ4v) is 14.5. The third-order valence-corrected chi connectivity index (χ3v) is 15.7. The van der Waals surface area contributed by atoms with Gasteiger partial charge < -0.3 is 16.9 Å². The van der Waals surface area contributed by atoms with Gasteiger partial charge in [-0.25, -0.2) is 0 Å². The molecular weight excluding hydrogens is 625 g/mol. The Bertz CT molecular complexity index is 2730. The Morgan fingerprint density at radius 3 is 1.34 bits per heavy atom. The molecule has 1 unspecified atom stereocenters. The summed E-state index contributed by atoms with van der Waals surface area (Å²) in [6.07, 6.45) is 11.1. The first-order valence-electron chi connectivity index (χ1n) is 17.7. The molecule has 9 aromatic rings. The van der Waals surface area contributed by atoms with Gasteiger partial charge in [0.05, 0.1) is 22.4 Å². The molecule has 12 rings (SSSR count). The third-order valence-electron chi connectivity index (χ3n) is 11.7. The third kappa shape index (κ3) is 3.09. The minimum absolute atomic E-state index is 0.384. The summed E-state index contributed by atoms with van der Waals surface area (Å²) in [5, 5.41) is 2.63. The number of aromatic nitrogens is 4. The predicted molar refractivity (Wildman–Crippen MR) is 207 cm³/mol. The molecule has 0 saturated carbocycles. The van der Waals surface area contributed by atoms with Crippen LogP contribution < -0.4 is 0 Å². The normalized spacial score (nSPS) is 16.0. The van der Waals surface area contributed by atoms with Crippen LogP contribution in [-0.4, -0.2) is 25.7 Å². The Balaban J connectivity index is 1.28. The van der Waals surface area contributed by atoms with Crippen LogP contribution >= 0.6 is 0 Å². The van der Waals surface area contributed by atoms with Gasteiger partial charge in [-0.2, -0.15) is 0 Å². The Morgan fingerprint density at radius 1 is 0.440 bits per heavy atom. The van der Waals surface area contributed by atoms with Gasteiger partial charge in [0.25, 0.3) is 0 Å². The van der Waals surface area contributed by atoms with Crippen LogP contribution in [0.15, 0.2) is 158 Å². The van der Waals surface area contributed by atoms with Crippen molar-refractivity contribution in [3.05, 3.63) is 169 Å². The molecular formula is C45H32N4Si. The van der Waals surface area contributed by atoms with Gasteiger partial charge in [-0.15, -0.1) is 0 Å². The van der Waals surface area contributed by atoms with Crippen LogP contribution in [0.1, 0.15) is 24.0 Å². The van der Waals surface area contributed by atoms with Crippen molar-refractivity contribution >= 4 is 30.5 Å². The van der Waals surface area contributed by atoms with E-state index in [1.54, 1.807) is 0 Å². The van der Waals surface area contributed by atoms with E-state index in [-0.39, 0.29) is 0 Å². The number of hydrogen-bond donors (Lipinski definition) is 0. The second-order valence-corrected chi connectivity index (χ2v) is 17.4. The zero-order chi connectivity index (χ0) is 32.7. The maximum atomic E-state index is 2.76. The lowest BCUT2D eigenvalue weighted by atomic mass is 9.81. The summed E-state index contributed by atoms with van der Waals surface area (Å²) in [5.74, 6) is 0.384. The summed E-state index contributed by atoms with van der Waals surface area (Å²) in [5.41, 5.74) is 18.9. The molecule has 5 heteroatoms. The fourth-order valence-electron chi connectivity index (χ4n) is 9.76. The van der Waals surface area contributed by atoms with Crippen molar-refractivity contribution in [1.29, 1.82) is 0 Å². The highest BCUT2D eigenvalue weighted by Gasteiger charge is 2.60. The van der Waals surface area contributed by atoms with Crippen LogP contribution in [0.25, 0.3) is 77.7 Å². The molecule has 1 atom stereocenters. The van der Waals surface area contributed by atoms with Gasteiger partial charge in [-0.3, -0.25) is 0 Å². The Kier molecular flexibility index (Phi) is 5.02. The Labute approximate surface area is 291 Å². The van der Waals surface area contributed by atoms with Crippen LogP contribution in [0.3, 0.4) is 0 Å². The molecule has 4 aromatic heterocycles. The molecule has 0 radical (unpaired) electrons. The van der Waals surface area contributed by atoms with Crippen LogP contribution in [0.4, 0.5) is 0 Å². The maximum absolute atomic E-state index is 3.05. The summed E-state index contributed by atoms with van der Waals surface area (Å²) in [6, 6.07) is 48.8. The molecule has 1 aliphatic carbocycles. The number of fused-ring (bicyclic) bond motifs is 4. The maximum Gasteiger partial charge on any atom is 0.520 e. The molecule has 50 heavy (non-hydrogen) atoms. The Morgan fingerprint density at radius 2 is 0.840 bits per heavy atom. The van der Waals surface area contributed by atoms with Crippen molar-refractivity contribution in [3.63, 3.8) is 0 Å². The lowest BCUT2D eigenvalue weighted by Crippen LogP contribution is -2.59. The minimum atomic E-state index is -3.05. The molecule has 4 nitrogen and oxygen atoms in total. The topological polar surface area (TPSA) is 19.7 Å². The molecule has 5 aromatic carbocycles. The highest BCUT2D eigenvalue weighted by molar-refractivity contribution is 6.79. The van der Waals surface area contributed by atoms with E-state index >= 15 is 0 Å². The van der Waals surface area contributed by atoms with Crippen molar-refractivity contribution in [2.45, 2.75) is 19.3 Å². The summed E-state index contributed by atoms with van der Waals surface area (Å²) in [7, 11) is -3.05. The molecule has 2 aliphatic heterocycles. The van der Waals surface area contributed by atoms with E-state index in [1.165, 1.54) is 88.8 Å². The standard InChI is InChI=1S/C45H32N4Si/c1-29-24-36-39(32-18-10-4-11-19-32)27-48-44(36)45-41(29)40(33-20-12-5-13-21-33)28-49(45)50(48)46-25-37(30-14-6-2-7-15-30)34-22-23-35-38(31-16-8-3-9-17-31)26-47(50)43(35)42(34)46/h2-23,25-29H,24H2,1H3. The zero-order valence-electron chi connectivity index (χ0n) is 27.6. The lowest BCUT2D eigenvalue weighted by Gasteiger charge is -2.29. The molecule has 0 saturated heterocycles. The molecule has 1 spiro atoms. The van der Waals surface area contributed by atoms with E-state index in [9.17, 15) is 0 Å². The molecule has 236 valence electrons. The first-order chi connectivity index (χ1) is 24.7. The van der Waals surface area contributed by atoms with Crippen LogP contribution in [0.2, 0.25) is 0 Å². The van der Waals surface area contributed by atoms with E-state index in [4.69, 9.17) is 0 Å². The zero-order valence-corrected chi connectivity index (χ0v) is 28.6. The molecule has 6 heterocycles. The first kappa shape index (κ1) is 26.9. The molecule has 0 N–H and O–H groups in total. The van der Waals surface area contributed by atoms with Crippen molar-refractivity contribution in [1.82, 2.24) is 16.9 Å². The number of benzene rings is 5. The average molecular weight is 657 g/mol. The smallest absolute Gasteiger partial charge is 0.319 e. The van der Waals surface area contributed by atoms with E-state index < -0.39 is 8.72 Å². The van der Waals surface area contributed by atoms with E-state index in [1.807, 2.05) is 0 Å². The van der Waals surface area contributed by atoms with Gasteiger partial charge in [0.15, 0.2) is 0 Å². The second kappa shape index (κ2) is 9.34. The fraction of sp³-hybridized carbons (Fsp3) is 0.0667. The van der Waals surface area contributed by atoms with Crippen molar-refractivity contribution in [2.24, 2.45) is 0 Å². The lowest BCUT2D eigenvalue weighted by molar-refractivity contribution is 0.752. The van der Waals surface area contributed by atoms with E-state index in [0.29, 0.717) is 5.92 Å². The summed E-state index contributed by atoms with van der Waals surface area (Å²) in [6.45, 7) is 2.44. The molecule has 0 fully saturated rings.